The summed E-state index contributed by atoms with van der Waals surface area (Å²) in [6, 6.07) is 8.09. The van der Waals surface area contributed by atoms with E-state index >= 15 is 0 Å². The molecule has 4 atom stereocenters. The van der Waals surface area contributed by atoms with Gasteiger partial charge in [-0.25, -0.2) is 0 Å². The molecule has 2 saturated heterocycles. The van der Waals surface area contributed by atoms with Crippen molar-refractivity contribution in [3.8, 4) is 0 Å². The zero-order valence-corrected chi connectivity index (χ0v) is 30.3. The zero-order chi connectivity index (χ0) is 36.6. The Hall–Kier alpha value is -3.27. The molecule has 53 heavy (non-hydrogen) atoms. The second-order valence-corrected chi connectivity index (χ2v) is 16.2. The van der Waals surface area contributed by atoms with Gasteiger partial charge in [0.15, 0.2) is 0 Å². The molecule has 8 nitrogen and oxygen atoms in total. The molecule has 2 unspecified atom stereocenters. The standard InChI is InChI=1S/C18H20F3N5S.C18H22F3N3S.CH4/c19-18(20,21)14-1-2-15-16(11-27-17(15)8-14)26-5-3-25(4-6-26)10-13-7-12(13)9-23-24-22;19-18(20,21)14-1-2-15-16(11-25-17(15)8-14)24-5-3-23(4-6-24)10-13-7-12(13)9-22;/h1-2,8,11-13H,3-7,9-10H2;1-2,8,11-13H,3-7,9-10,22H2;1H4/t2*12-,13?;/m00./s1. The van der Waals surface area contributed by atoms with Crippen LogP contribution in [0, 0.1) is 23.7 Å². The zero-order valence-electron chi connectivity index (χ0n) is 28.6. The highest BCUT2D eigenvalue weighted by Crippen LogP contribution is 2.42. The van der Waals surface area contributed by atoms with E-state index in [-0.39, 0.29) is 7.43 Å². The molecule has 2 aromatic heterocycles. The van der Waals surface area contributed by atoms with Gasteiger partial charge in [-0.05, 0) is 72.9 Å². The summed E-state index contributed by atoms with van der Waals surface area (Å²) in [5.74, 6) is 2.63. The number of alkyl halides is 6. The maximum Gasteiger partial charge on any atom is 0.416 e. The Morgan fingerprint density at radius 2 is 1.11 bits per heavy atom. The van der Waals surface area contributed by atoms with Crippen molar-refractivity contribution < 1.29 is 26.3 Å². The molecule has 288 valence electrons. The molecule has 0 bridgehead atoms. The molecule has 0 spiro atoms. The second kappa shape index (κ2) is 16.2. The summed E-state index contributed by atoms with van der Waals surface area (Å²) < 4.78 is 78.6. The molecule has 2 saturated carbocycles. The van der Waals surface area contributed by atoms with Crippen LogP contribution in [-0.2, 0) is 12.4 Å². The molecule has 2 aliphatic carbocycles. The third-order valence-electron chi connectivity index (χ3n) is 11.0. The first-order chi connectivity index (χ1) is 24.9. The van der Waals surface area contributed by atoms with Crippen LogP contribution in [0.3, 0.4) is 0 Å². The molecule has 0 amide bonds. The molecule has 4 heterocycles. The molecule has 2 N–H and O–H groups in total. The maximum absolute atomic E-state index is 12.9. The van der Waals surface area contributed by atoms with Crippen molar-refractivity contribution in [2.45, 2.75) is 32.6 Å². The van der Waals surface area contributed by atoms with Crippen molar-refractivity contribution in [1.82, 2.24) is 9.80 Å². The average molecular weight is 781 g/mol. The number of nitrogens with two attached hydrogens (primary N) is 1. The SMILES string of the molecule is C.NC[C@@H]1CC1CN1CCN(c2csc3cc(C(F)(F)F)ccc23)CC1.[N-]=[N+]=NC[C@@H]1CC1CN1CCN(c2csc3cc(C(F)(F)F)ccc23)CC1. The number of azide groups is 1. The third-order valence-corrected chi connectivity index (χ3v) is 12.9. The normalized spacial score (nSPS) is 23.7. The van der Waals surface area contributed by atoms with Gasteiger partial charge >= 0.3 is 12.4 Å². The first-order valence-corrected chi connectivity index (χ1v) is 19.5. The fourth-order valence-electron chi connectivity index (χ4n) is 7.60. The van der Waals surface area contributed by atoms with Gasteiger partial charge < -0.3 is 15.5 Å². The minimum absolute atomic E-state index is 0. The van der Waals surface area contributed by atoms with Crippen molar-refractivity contribution >= 4 is 54.2 Å². The Balaban J connectivity index is 0.000000178. The Labute approximate surface area is 313 Å². The van der Waals surface area contributed by atoms with Gasteiger partial charge in [-0.3, -0.25) is 9.80 Å². The molecular weight excluding hydrogens is 735 g/mol. The van der Waals surface area contributed by atoms with Crippen LogP contribution in [-0.4, -0.2) is 88.3 Å². The molecule has 16 heteroatoms. The van der Waals surface area contributed by atoms with E-state index in [1.807, 2.05) is 10.8 Å². The smallest absolute Gasteiger partial charge is 0.368 e. The largest absolute Gasteiger partial charge is 0.416 e. The van der Waals surface area contributed by atoms with Gasteiger partial charge in [-0.2, -0.15) is 26.3 Å². The minimum Gasteiger partial charge on any atom is -0.368 e. The summed E-state index contributed by atoms with van der Waals surface area (Å²) in [7, 11) is 0. The van der Waals surface area contributed by atoms with Crippen LogP contribution in [0.5, 0.6) is 0 Å². The van der Waals surface area contributed by atoms with Gasteiger partial charge in [-0.1, -0.05) is 24.7 Å². The van der Waals surface area contributed by atoms with Crippen molar-refractivity contribution in [3.63, 3.8) is 0 Å². The molecule has 4 aliphatic rings. The molecule has 2 aromatic carbocycles. The van der Waals surface area contributed by atoms with Gasteiger partial charge in [-0.15, -0.1) is 22.7 Å². The Kier molecular flexibility index (Phi) is 12.1. The van der Waals surface area contributed by atoms with Gasteiger partial charge in [0.1, 0.15) is 0 Å². The van der Waals surface area contributed by atoms with E-state index < -0.39 is 23.5 Å². The number of hydrogen-bond donors (Lipinski definition) is 1. The summed E-state index contributed by atoms with van der Waals surface area (Å²) in [4.78, 5) is 12.3. The predicted octanol–water partition coefficient (Wildman–Crippen LogP) is 9.26. The number of halogens is 6. The summed E-state index contributed by atoms with van der Waals surface area (Å²) in [6.45, 7) is 11.1. The van der Waals surface area contributed by atoms with Gasteiger partial charge in [0.25, 0.3) is 0 Å². The number of rotatable bonds is 9. The van der Waals surface area contributed by atoms with Gasteiger partial charge in [0, 0.05) is 108 Å². The van der Waals surface area contributed by atoms with Crippen molar-refractivity contribution in [2.24, 2.45) is 34.5 Å². The highest BCUT2D eigenvalue weighted by atomic mass is 32.1. The van der Waals surface area contributed by atoms with Crippen LogP contribution >= 0.6 is 22.7 Å². The van der Waals surface area contributed by atoms with Crippen molar-refractivity contribution in [1.29, 1.82) is 0 Å². The van der Waals surface area contributed by atoms with E-state index in [1.54, 1.807) is 12.1 Å². The van der Waals surface area contributed by atoms with Crippen LogP contribution in [0.2, 0.25) is 0 Å². The second-order valence-electron chi connectivity index (χ2n) is 14.4. The lowest BCUT2D eigenvalue weighted by Gasteiger charge is -2.36. The lowest BCUT2D eigenvalue weighted by atomic mass is 10.1. The lowest BCUT2D eigenvalue weighted by Crippen LogP contribution is -2.47. The summed E-state index contributed by atoms with van der Waals surface area (Å²) in [5, 5.41) is 9.45. The number of anilines is 2. The number of nitrogens with zero attached hydrogens (tertiary/aromatic N) is 7. The number of hydrogen-bond acceptors (Lipinski definition) is 8. The highest BCUT2D eigenvalue weighted by Gasteiger charge is 2.39. The molecular formula is C37H46F6N8S2. The van der Waals surface area contributed by atoms with E-state index in [2.05, 4.69) is 29.6 Å². The molecule has 0 radical (unpaired) electrons. The monoisotopic (exact) mass is 780 g/mol. The number of fused-ring (bicyclic) bond motifs is 2. The Bertz CT molecular complexity index is 1890. The van der Waals surface area contributed by atoms with Crippen LogP contribution in [0.4, 0.5) is 37.7 Å². The van der Waals surface area contributed by atoms with Crippen molar-refractivity contribution in [2.75, 3.05) is 88.3 Å². The molecule has 4 aromatic rings. The maximum atomic E-state index is 12.9. The highest BCUT2D eigenvalue weighted by molar-refractivity contribution is 7.18. The van der Waals surface area contributed by atoms with Crippen LogP contribution in [0.15, 0.2) is 52.3 Å². The molecule has 8 rings (SSSR count). The summed E-state index contributed by atoms with van der Waals surface area (Å²) in [5.41, 5.74) is 15.0. The van der Waals surface area contributed by atoms with E-state index in [1.165, 1.54) is 53.4 Å². The van der Waals surface area contributed by atoms with E-state index in [0.717, 1.165) is 106 Å². The molecule has 2 aliphatic heterocycles. The van der Waals surface area contributed by atoms with Crippen LogP contribution < -0.4 is 15.5 Å². The van der Waals surface area contributed by atoms with Crippen LogP contribution in [0.1, 0.15) is 31.4 Å². The third kappa shape index (κ3) is 9.34. The van der Waals surface area contributed by atoms with Gasteiger partial charge in [0.05, 0.1) is 22.5 Å². The Morgan fingerprint density at radius 1 is 0.679 bits per heavy atom. The quantitative estimate of drug-likeness (QED) is 0.0793. The van der Waals surface area contributed by atoms with E-state index in [4.69, 9.17) is 11.3 Å². The predicted molar refractivity (Wildman–Crippen MR) is 204 cm³/mol. The van der Waals surface area contributed by atoms with Gasteiger partial charge in [0.2, 0.25) is 0 Å². The topological polar surface area (TPSA) is 87.7 Å². The number of benzene rings is 2. The molecule has 4 fully saturated rings. The summed E-state index contributed by atoms with van der Waals surface area (Å²) in [6.07, 6.45) is -6.19. The fourth-order valence-corrected chi connectivity index (χ4v) is 9.62. The Morgan fingerprint density at radius 3 is 1.51 bits per heavy atom. The number of thiophene rings is 2. The minimum atomic E-state index is -4.30. The lowest BCUT2D eigenvalue weighted by molar-refractivity contribution is -0.138. The summed E-state index contributed by atoms with van der Waals surface area (Å²) >= 11 is 2.77. The first kappa shape index (κ1) is 39.4. The average Bonchev–Trinajstić information content (AvgIpc) is 3.95. The van der Waals surface area contributed by atoms with E-state index in [9.17, 15) is 26.3 Å². The first-order valence-electron chi connectivity index (χ1n) is 17.7. The van der Waals surface area contributed by atoms with E-state index in [0.29, 0.717) is 33.7 Å². The van der Waals surface area contributed by atoms with Crippen molar-refractivity contribution in [3.05, 3.63) is 68.7 Å². The van der Waals surface area contributed by atoms with Crippen LogP contribution in [0.25, 0.3) is 30.6 Å². The number of piperazine rings is 2. The fraction of sp³-hybridized carbons (Fsp3) is 0.568.